The summed E-state index contributed by atoms with van der Waals surface area (Å²) in [6, 6.07) is 6.91. The third-order valence-corrected chi connectivity index (χ3v) is 2.69. The summed E-state index contributed by atoms with van der Waals surface area (Å²) in [4.78, 5) is 0. The Kier molecular flexibility index (Phi) is 3.56. The summed E-state index contributed by atoms with van der Waals surface area (Å²) in [5.74, 6) is 0.0678. The lowest BCUT2D eigenvalue weighted by molar-refractivity contribution is 0.231. The maximum absolute atomic E-state index is 13.2. The second-order valence-electron chi connectivity index (χ2n) is 3.89. The molecule has 1 unspecified atom stereocenters. The Bertz CT molecular complexity index is 310. The number of benzene rings is 1. The van der Waals surface area contributed by atoms with Gasteiger partial charge in [-0.05, 0) is 31.5 Å². The van der Waals surface area contributed by atoms with Crippen molar-refractivity contribution in [2.45, 2.75) is 25.3 Å². The van der Waals surface area contributed by atoms with E-state index in [1.165, 1.54) is 18.9 Å². The van der Waals surface area contributed by atoms with Gasteiger partial charge in [-0.15, -0.1) is 0 Å². The average molecular weight is 209 g/mol. The van der Waals surface area contributed by atoms with E-state index in [1.54, 1.807) is 18.2 Å². The highest BCUT2D eigenvalue weighted by atomic mass is 19.1. The molecule has 2 rings (SSSR count). The maximum atomic E-state index is 13.2. The molecule has 1 aromatic carbocycles. The molecule has 0 saturated carbocycles. The molecule has 1 fully saturated rings. The van der Waals surface area contributed by atoms with Gasteiger partial charge >= 0.3 is 0 Å². The molecule has 0 amide bonds. The Morgan fingerprint density at radius 3 is 2.93 bits per heavy atom. The Morgan fingerprint density at radius 1 is 1.33 bits per heavy atom. The van der Waals surface area contributed by atoms with Crippen molar-refractivity contribution in [2.24, 2.45) is 0 Å². The Hall–Kier alpha value is -1.09. The smallest absolute Gasteiger partial charge is 0.165 e. The van der Waals surface area contributed by atoms with Crippen LogP contribution in [-0.2, 0) is 0 Å². The van der Waals surface area contributed by atoms with Crippen molar-refractivity contribution in [3.8, 4) is 5.75 Å². The molecule has 15 heavy (non-hydrogen) atoms. The zero-order valence-corrected chi connectivity index (χ0v) is 8.71. The van der Waals surface area contributed by atoms with Gasteiger partial charge < -0.3 is 10.1 Å². The maximum Gasteiger partial charge on any atom is 0.165 e. The lowest BCUT2D eigenvalue weighted by Crippen LogP contribution is -2.38. The summed E-state index contributed by atoms with van der Waals surface area (Å²) in [5.41, 5.74) is 0. The predicted molar refractivity (Wildman–Crippen MR) is 57.5 cm³/mol. The molecule has 2 nitrogen and oxygen atoms in total. The number of hydrogen-bond acceptors (Lipinski definition) is 2. The molecule has 0 radical (unpaired) electrons. The molecule has 82 valence electrons. The molecule has 1 aliphatic rings. The largest absolute Gasteiger partial charge is 0.489 e. The van der Waals surface area contributed by atoms with E-state index < -0.39 is 0 Å². The van der Waals surface area contributed by atoms with Crippen LogP contribution in [0.4, 0.5) is 4.39 Å². The molecular formula is C12H16FNO. The van der Waals surface area contributed by atoms with Crippen molar-refractivity contribution in [3.05, 3.63) is 30.1 Å². The molecule has 1 heterocycles. The summed E-state index contributed by atoms with van der Waals surface area (Å²) < 4.78 is 18.6. The third-order valence-electron chi connectivity index (χ3n) is 2.69. The number of piperidine rings is 1. The van der Waals surface area contributed by atoms with Gasteiger partial charge in [0, 0.05) is 6.04 Å². The SMILES string of the molecule is Fc1ccccc1OCC1CCCCN1. The highest BCUT2D eigenvalue weighted by molar-refractivity contribution is 5.23. The van der Waals surface area contributed by atoms with E-state index >= 15 is 0 Å². The van der Waals surface area contributed by atoms with Crippen molar-refractivity contribution in [3.63, 3.8) is 0 Å². The molecule has 3 heteroatoms. The van der Waals surface area contributed by atoms with E-state index in [0.29, 0.717) is 18.4 Å². The molecule has 0 aromatic heterocycles. The molecule has 0 bridgehead atoms. The minimum atomic E-state index is -0.284. The minimum absolute atomic E-state index is 0.284. The van der Waals surface area contributed by atoms with E-state index in [9.17, 15) is 4.39 Å². The Labute approximate surface area is 89.4 Å². The first-order valence-corrected chi connectivity index (χ1v) is 5.47. The number of para-hydroxylation sites is 1. The third kappa shape index (κ3) is 2.93. The van der Waals surface area contributed by atoms with Crippen LogP contribution in [0.25, 0.3) is 0 Å². The highest BCUT2D eigenvalue weighted by Gasteiger charge is 2.13. The topological polar surface area (TPSA) is 21.3 Å². The predicted octanol–water partition coefficient (Wildman–Crippen LogP) is 2.35. The second-order valence-corrected chi connectivity index (χ2v) is 3.89. The summed E-state index contributed by atoms with van der Waals surface area (Å²) in [6.07, 6.45) is 3.59. The van der Waals surface area contributed by atoms with E-state index in [0.717, 1.165) is 13.0 Å². The van der Waals surface area contributed by atoms with Crippen LogP contribution in [-0.4, -0.2) is 19.2 Å². The average Bonchev–Trinajstić information content (AvgIpc) is 2.29. The van der Waals surface area contributed by atoms with Gasteiger partial charge in [-0.3, -0.25) is 0 Å². The first-order chi connectivity index (χ1) is 7.36. The lowest BCUT2D eigenvalue weighted by Gasteiger charge is -2.23. The monoisotopic (exact) mass is 209 g/mol. The molecule has 1 atom stereocenters. The molecule has 1 saturated heterocycles. The summed E-state index contributed by atoms with van der Waals surface area (Å²) >= 11 is 0. The zero-order chi connectivity index (χ0) is 10.5. The van der Waals surface area contributed by atoms with Gasteiger partial charge in [0.25, 0.3) is 0 Å². The van der Waals surface area contributed by atoms with Crippen molar-refractivity contribution >= 4 is 0 Å². The van der Waals surface area contributed by atoms with Gasteiger partial charge in [0.2, 0.25) is 0 Å². The fourth-order valence-corrected chi connectivity index (χ4v) is 1.82. The van der Waals surface area contributed by atoms with Crippen molar-refractivity contribution < 1.29 is 9.13 Å². The first kappa shape index (κ1) is 10.4. The van der Waals surface area contributed by atoms with Gasteiger partial charge in [0.15, 0.2) is 11.6 Å². The van der Waals surface area contributed by atoms with Crippen LogP contribution in [0.15, 0.2) is 24.3 Å². The van der Waals surface area contributed by atoms with Gasteiger partial charge in [0.1, 0.15) is 6.61 Å². The number of nitrogens with one attached hydrogen (secondary N) is 1. The van der Waals surface area contributed by atoms with E-state index in [2.05, 4.69) is 5.32 Å². The Balaban J connectivity index is 1.84. The second kappa shape index (κ2) is 5.12. The molecule has 0 aliphatic carbocycles. The fraction of sp³-hybridized carbons (Fsp3) is 0.500. The number of rotatable bonds is 3. The summed E-state index contributed by atoms with van der Waals surface area (Å²) in [5, 5.41) is 3.36. The van der Waals surface area contributed by atoms with Gasteiger partial charge in [-0.25, -0.2) is 4.39 Å². The van der Waals surface area contributed by atoms with E-state index in [1.807, 2.05) is 0 Å². The van der Waals surface area contributed by atoms with Crippen LogP contribution in [0.5, 0.6) is 5.75 Å². The van der Waals surface area contributed by atoms with E-state index in [4.69, 9.17) is 4.74 Å². The molecular weight excluding hydrogens is 193 g/mol. The number of halogens is 1. The van der Waals surface area contributed by atoms with Gasteiger partial charge in [0.05, 0.1) is 0 Å². The first-order valence-electron chi connectivity index (χ1n) is 5.47. The molecule has 1 aliphatic heterocycles. The summed E-state index contributed by atoms with van der Waals surface area (Å²) in [7, 11) is 0. The quantitative estimate of drug-likeness (QED) is 0.825. The van der Waals surface area contributed by atoms with Crippen LogP contribution in [0.3, 0.4) is 0 Å². The van der Waals surface area contributed by atoms with Crippen molar-refractivity contribution in [2.75, 3.05) is 13.2 Å². The van der Waals surface area contributed by atoms with Crippen LogP contribution in [0.2, 0.25) is 0 Å². The molecule has 1 N–H and O–H groups in total. The molecule has 0 spiro atoms. The van der Waals surface area contributed by atoms with Crippen LogP contribution in [0, 0.1) is 5.82 Å². The van der Waals surface area contributed by atoms with Crippen LogP contribution in [0.1, 0.15) is 19.3 Å². The zero-order valence-electron chi connectivity index (χ0n) is 8.71. The number of hydrogen-bond donors (Lipinski definition) is 1. The molecule has 1 aromatic rings. The standard InChI is InChI=1S/C12H16FNO/c13-11-6-1-2-7-12(11)15-9-10-5-3-4-8-14-10/h1-2,6-7,10,14H,3-5,8-9H2. The summed E-state index contributed by atoms with van der Waals surface area (Å²) in [6.45, 7) is 1.60. The van der Waals surface area contributed by atoms with Gasteiger partial charge in [-0.2, -0.15) is 0 Å². The normalized spacial score (nSPS) is 21.3. The van der Waals surface area contributed by atoms with Gasteiger partial charge in [-0.1, -0.05) is 18.6 Å². The van der Waals surface area contributed by atoms with E-state index in [-0.39, 0.29) is 5.82 Å². The van der Waals surface area contributed by atoms with Crippen LogP contribution < -0.4 is 10.1 Å². The minimum Gasteiger partial charge on any atom is -0.489 e. The van der Waals surface area contributed by atoms with Crippen LogP contribution >= 0.6 is 0 Å². The Morgan fingerprint density at radius 2 is 2.20 bits per heavy atom. The highest BCUT2D eigenvalue weighted by Crippen LogP contribution is 2.16. The fourth-order valence-electron chi connectivity index (χ4n) is 1.82. The van der Waals surface area contributed by atoms with Crippen molar-refractivity contribution in [1.29, 1.82) is 0 Å². The lowest BCUT2D eigenvalue weighted by atomic mass is 10.1. The number of ether oxygens (including phenoxy) is 1. The van der Waals surface area contributed by atoms with Crippen molar-refractivity contribution in [1.82, 2.24) is 5.32 Å².